The van der Waals surface area contributed by atoms with Crippen molar-refractivity contribution in [3.63, 3.8) is 0 Å². The first kappa shape index (κ1) is 13.4. The van der Waals surface area contributed by atoms with Crippen LogP contribution in [0.1, 0.15) is 43.7 Å². The standard InChI is InChI=1S/C14H18F3N/c1-3-13-12(8-9(2)18-13)10-4-6-11(7-5-10)14(15,16)17/h4-7,9,12-13,18H,3,8H2,1-2H3. The van der Waals surface area contributed by atoms with Gasteiger partial charge in [-0.05, 0) is 37.5 Å². The van der Waals surface area contributed by atoms with Gasteiger partial charge < -0.3 is 5.32 Å². The van der Waals surface area contributed by atoms with Gasteiger partial charge in [-0.2, -0.15) is 13.2 Å². The van der Waals surface area contributed by atoms with Gasteiger partial charge in [-0.1, -0.05) is 19.1 Å². The number of rotatable bonds is 2. The van der Waals surface area contributed by atoms with Crippen LogP contribution < -0.4 is 5.32 Å². The summed E-state index contributed by atoms with van der Waals surface area (Å²) in [5.74, 6) is 0.326. The Morgan fingerprint density at radius 2 is 1.83 bits per heavy atom. The zero-order valence-electron chi connectivity index (χ0n) is 10.6. The van der Waals surface area contributed by atoms with Crippen molar-refractivity contribution in [1.82, 2.24) is 5.32 Å². The summed E-state index contributed by atoms with van der Waals surface area (Å²) < 4.78 is 37.5. The van der Waals surface area contributed by atoms with E-state index in [4.69, 9.17) is 0 Å². The minimum atomic E-state index is -4.25. The summed E-state index contributed by atoms with van der Waals surface area (Å²) >= 11 is 0. The Morgan fingerprint density at radius 3 is 2.33 bits per heavy atom. The quantitative estimate of drug-likeness (QED) is 0.846. The highest BCUT2D eigenvalue weighted by atomic mass is 19.4. The van der Waals surface area contributed by atoms with Crippen LogP contribution in [0.4, 0.5) is 13.2 Å². The van der Waals surface area contributed by atoms with E-state index in [0.29, 0.717) is 18.0 Å². The third kappa shape index (κ3) is 2.69. The van der Waals surface area contributed by atoms with Gasteiger partial charge >= 0.3 is 6.18 Å². The fraction of sp³-hybridized carbons (Fsp3) is 0.571. The number of hydrogen-bond donors (Lipinski definition) is 1. The van der Waals surface area contributed by atoms with E-state index in [1.54, 1.807) is 12.1 Å². The Balaban J connectivity index is 2.19. The molecular weight excluding hydrogens is 239 g/mol. The van der Waals surface area contributed by atoms with Gasteiger partial charge in [0.25, 0.3) is 0 Å². The van der Waals surface area contributed by atoms with Crippen molar-refractivity contribution in [2.45, 2.75) is 50.9 Å². The molecule has 1 N–H and O–H groups in total. The lowest BCUT2D eigenvalue weighted by molar-refractivity contribution is -0.137. The van der Waals surface area contributed by atoms with Gasteiger partial charge in [-0.25, -0.2) is 0 Å². The van der Waals surface area contributed by atoms with Gasteiger partial charge in [0, 0.05) is 18.0 Å². The molecule has 100 valence electrons. The zero-order chi connectivity index (χ0) is 13.3. The molecule has 0 amide bonds. The fourth-order valence-electron chi connectivity index (χ4n) is 2.78. The van der Waals surface area contributed by atoms with Crippen LogP contribution in [0.5, 0.6) is 0 Å². The summed E-state index contributed by atoms with van der Waals surface area (Å²) in [6.07, 6.45) is -2.26. The van der Waals surface area contributed by atoms with E-state index < -0.39 is 11.7 Å². The highest BCUT2D eigenvalue weighted by molar-refractivity contribution is 5.29. The van der Waals surface area contributed by atoms with Crippen LogP contribution in [0, 0.1) is 0 Å². The molecule has 1 saturated heterocycles. The molecule has 1 nitrogen and oxygen atoms in total. The molecule has 0 spiro atoms. The molecule has 1 aliphatic rings. The molecule has 1 aromatic rings. The van der Waals surface area contributed by atoms with Crippen molar-refractivity contribution >= 4 is 0 Å². The summed E-state index contributed by atoms with van der Waals surface area (Å²) in [4.78, 5) is 0. The lowest BCUT2D eigenvalue weighted by Gasteiger charge is -2.18. The molecule has 0 aliphatic carbocycles. The van der Waals surface area contributed by atoms with Gasteiger partial charge in [-0.15, -0.1) is 0 Å². The molecule has 2 rings (SSSR count). The maximum atomic E-state index is 12.5. The van der Waals surface area contributed by atoms with Crippen LogP contribution in [0.25, 0.3) is 0 Å². The Bertz CT molecular complexity index is 396. The minimum Gasteiger partial charge on any atom is -0.311 e. The summed E-state index contributed by atoms with van der Waals surface area (Å²) in [5, 5.41) is 3.47. The molecule has 1 aromatic carbocycles. The number of nitrogens with one attached hydrogen (secondary N) is 1. The number of alkyl halides is 3. The van der Waals surface area contributed by atoms with E-state index >= 15 is 0 Å². The van der Waals surface area contributed by atoms with Crippen LogP contribution in [-0.4, -0.2) is 12.1 Å². The molecule has 0 radical (unpaired) electrons. The van der Waals surface area contributed by atoms with Crippen LogP contribution in [0.15, 0.2) is 24.3 Å². The third-order valence-corrected chi connectivity index (χ3v) is 3.70. The van der Waals surface area contributed by atoms with Crippen LogP contribution in [0.2, 0.25) is 0 Å². The smallest absolute Gasteiger partial charge is 0.311 e. The maximum absolute atomic E-state index is 12.5. The van der Waals surface area contributed by atoms with E-state index in [-0.39, 0.29) is 0 Å². The fourth-order valence-corrected chi connectivity index (χ4v) is 2.78. The van der Waals surface area contributed by atoms with Gasteiger partial charge in [0.1, 0.15) is 0 Å². The molecule has 0 bridgehead atoms. The summed E-state index contributed by atoms with van der Waals surface area (Å²) in [7, 11) is 0. The van der Waals surface area contributed by atoms with E-state index in [2.05, 4.69) is 19.2 Å². The normalized spacial score (nSPS) is 28.6. The number of halogens is 3. The molecule has 1 aliphatic heterocycles. The van der Waals surface area contributed by atoms with Crippen LogP contribution in [-0.2, 0) is 6.18 Å². The molecule has 3 atom stereocenters. The first-order valence-electron chi connectivity index (χ1n) is 6.35. The predicted molar refractivity (Wildman–Crippen MR) is 65.5 cm³/mol. The first-order valence-corrected chi connectivity index (χ1v) is 6.35. The van der Waals surface area contributed by atoms with Crippen molar-refractivity contribution in [2.75, 3.05) is 0 Å². The van der Waals surface area contributed by atoms with Gasteiger partial charge in [0.2, 0.25) is 0 Å². The Labute approximate surface area is 105 Å². The van der Waals surface area contributed by atoms with Crippen molar-refractivity contribution in [2.24, 2.45) is 0 Å². The third-order valence-electron chi connectivity index (χ3n) is 3.70. The lowest BCUT2D eigenvalue weighted by atomic mass is 9.89. The Kier molecular flexibility index (Phi) is 3.66. The summed E-state index contributed by atoms with van der Waals surface area (Å²) in [5.41, 5.74) is 0.435. The minimum absolute atomic E-state index is 0.326. The number of benzene rings is 1. The van der Waals surface area contributed by atoms with Crippen molar-refractivity contribution in [3.8, 4) is 0 Å². The largest absolute Gasteiger partial charge is 0.416 e. The Morgan fingerprint density at radius 1 is 1.22 bits per heavy atom. The summed E-state index contributed by atoms with van der Waals surface area (Å²) in [6, 6.07) is 6.42. The van der Waals surface area contributed by atoms with Crippen molar-refractivity contribution in [1.29, 1.82) is 0 Å². The SMILES string of the molecule is CCC1NC(C)CC1c1ccc(C(F)(F)F)cc1. The molecule has 0 aromatic heterocycles. The average molecular weight is 257 g/mol. The maximum Gasteiger partial charge on any atom is 0.416 e. The summed E-state index contributed by atoms with van der Waals surface area (Å²) in [6.45, 7) is 4.22. The molecule has 4 heteroatoms. The predicted octanol–water partition coefficient (Wildman–Crippen LogP) is 3.95. The zero-order valence-corrected chi connectivity index (χ0v) is 10.6. The topological polar surface area (TPSA) is 12.0 Å². The van der Waals surface area contributed by atoms with Crippen molar-refractivity contribution < 1.29 is 13.2 Å². The highest BCUT2D eigenvalue weighted by Gasteiger charge is 2.33. The second-order valence-electron chi connectivity index (χ2n) is 5.04. The second-order valence-corrected chi connectivity index (χ2v) is 5.04. The van der Waals surface area contributed by atoms with Crippen molar-refractivity contribution in [3.05, 3.63) is 35.4 Å². The molecule has 1 fully saturated rings. The van der Waals surface area contributed by atoms with Gasteiger partial charge in [-0.3, -0.25) is 0 Å². The molecule has 0 saturated carbocycles. The highest BCUT2D eigenvalue weighted by Crippen LogP contribution is 2.35. The van der Waals surface area contributed by atoms with Gasteiger partial charge in [0.15, 0.2) is 0 Å². The van der Waals surface area contributed by atoms with Crippen LogP contribution >= 0.6 is 0 Å². The first-order chi connectivity index (χ1) is 8.41. The molecule has 1 heterocycles. The molecule has 18 heavy (non-hydrogen) atoms. The van der Waals surface area contributed by atoms with E-state index in [1.807, 2.05) is 0 Å². The van der Waals surface area contributed by atoms with Gasteiger partial charge in [0.05, 0.1) is 5.56 Å². The van der Waals surface area contributed by atoms with E-state index in [0.717, 1.165) is 18.4 Å². The van der Waals surface area contributed by atoms with E-state index in [9.17, 15) is 13.2 Å². The second kappa shape index (κ2) is 4.92. The number of hydrogen-bond acceptors (Lipinski definition) is 1. The monoisotopic (exact) mass is 257 g/mol. The Hall–Kier alpha value is -1.03. The average Bonchev–Trinajstić information content (AvgIpc) is 2.69. The van der Waals surface area contributed by atoms with E-state index in [1.165, 1.54) is 12.1 Å². The van der Waals surface area contributed by atoms with Crippen LogP contribution in [0.3, 0.4) is 0 Å². The lowest BCUT2D eigenvalue weighted by Crippen LogP contribution is -2.28. The molecular formula is C14H18F3N. The molecule has 3 unspecified atom stereocenters.